The number of rotatable bonds is 4. The predicted octanol–water partition coefficient (Wildman–Crippen LogP) is 3.03. The molecule has 0 radical (unpaired) electrons. The molecule has 1 unspecified atom stereocenters. The van der Waals surface area contributed by atoms with E-state index in [-0.39, 0.29) is 37.0 Å². The first-order chi connectivity index (χ1) is 17.4. The molecule has 5 atom stereocenters. The standard InChI is InChI=1S/C28H32N4O4/c1-5-8-34-26-15(3)27-28(36-13-35-27)23-17(26)10-19-24-22-16(7-6-14(2)25(22)33)9-18(31(24)4)20(11-29)32(19)21(23)12-30/h5-7,18-21,24,33H,1,8-10,12-13,30H2,2-4H3/t18-,19?,20-,21-,24-/m0/s1. The van der Waals surface area contributed by atoms with E-state index < -0.39 is 0 Å². The Hall–Kier alpha value is -3.25. The van der Waals surface area contributed by atoms with Crippen LogP contribution in [0.5, 0.6) is 23.0 Å². The summed E-state index contributed by atoms with van der Waals surface area (Å²) in [6.07, 6.45) is 3.05. The van der Waals surface area contributed by atoms with Gasteiger partial charge in [-0.25, -0.2) is 0 Å². The zero-order valence-electron chi connectivity index (χ0n) is 21.0. The average Bonchev–Trinajstić information content (AvgIpc) is 3.36. The normalized spacial score (nSPS) is 28.0. The van der Waals surface area contributed by atoms with Crippen molar-refractivity contribution in [3.8, 4) is 29.1 Å². The molecule has 1 fully saturated rings. The number of ether oxygens (including phenoxy) is 3. The van der Waals surface area contributed by atoms with E-state index in [0.29, 0.717) is 43.2 Å². The highest BCUT2D eigenvalue weighted by atomic mass is 16.7. The van der Waals surface area contributed by atoms with Gasteiger partial charge in [0.2, 0.25) is 6.79 Å². The fourth-order valence-electron chi connectivity index (χ4n) is 7.04. The van der Waals surface area contributed by atoms with E-state index in [1.165, 1.54) is 0 Å². The third kappa shape index (κ3) is 2.97. The number of hydrogen-bond acceptors (Lipinski definition) is 8. The van der Waals surface area contributed by atoms with Gasteiger partial charge >= 0.3 is 0 Å². The van der Waals surface area contributed by atoms with Crippen molar-refractivity contribution in [1.82, 2.24) is 9.80 Å². The maximum atomic E-state index is 11.2. The van der Waals surface area contributed by atoms with E-state index in [1.54, 1.807) is 6.08 Å². The molecule has 4 aliphatic heterocycles. The lowest BCUT2D eigenvalue weighted by molar-refractivity contribution is -0.0709. The third-order valence-corrected chi connectivity index (χ3v) is 8.57. The first kappa shape index (κ1) is 23.2. The molecule has 2 aromatic carbocycles. The van der Waals surface area contributed by atoms with E-state index in [1.807, 2.05) is 19.9 Å². The van der Waals surface area contributed by atoms with Crippen LogP contribution in [0.2, 0.25) is 0 Å². The monoisotopic (exact) mass is 488 g/mol. The highest BCUT2D eigenvalue weighted by molar-refractivity contribution is 5.66. The molecular formula is C28H32N4O4. The van der Waals surface area contributed by atoms with E-state index in [2.05, 4.69) is 35.6 Å². The highest BCUT2D eigenvalue weighted by Gasteiger charge is 2.56. The molecule has 4 aliphatic rings. The summed E-state index contributed by atoms with van der Waals surface area (Å²) in [4.78, 5) is 4.58. The molecule has 4 heterocycles. The number of phenols is 1. The number of aromatic hydroxyl groups is 1. The van der Waals surface area contributed by atoms with Crippen LogP contribution in [0.15, 0.2) is 24.8 Å². The second kappa shape index (κ2) is 8.41. The summed E-state index contributed by atoms with van der Waals surface area (Å²) < 4.78 is 18.1. The molecule has 0 saturated carbocycles. The molecule has 2 aromatic rings. The lowest BCUT2D eigenvalue weighted by Gasteiger charge is -2.60. The summed E-state index contributed by atoms with van der Waals surface area (Å²) in [6.45, 7) is 8.57. The maximum absolute atomic E-state index is 11.2. The Morgan fingerprint density at radius 1 is 1.22 bits per heavy atom. The lowest BCUT2D eigenvalue weighted by atomic mass is 9.71. The van der Waals surface area contributed by atoms with Gasteiger partial charge in [-0.15, -0.1) is 0 Å². The van der Waals surface area contributed by atoms with Gasteiger partial charge in [-0.2, -0.15) is 5.26 Å². The second-order valence-corrected chi connectivity index (χ2v) is 10.2. The Morgan fingerprint density at radius 2 is 2.00 bits per heavy atom. The number of fused-ring (bicyclic) bond motifs is 9. The molecule has 6 rings (SSSR count). The third-order valence-electron chi connectivity index (χ3n) is 8.57. The fourth-order valence-corrected chi connectivity index (χ4v) is 7.04. The molecule has 1 saturated heterocycles. The van der Waals surface area contributed by atoms with Crippen LogP contribution >= 0.6 is 0 Å². The van der Waals surface area contributed by atoms with Gasteiger partial charge in [0.05, 0.1) is 18.2 Å². The van der Waals surface area contributed by atoms with Crippen molar-refractivity contribution in [2.24, 2.45) is 5.73 Å². The summed E-state index contributed by atoms with van der Waals surface area (Å²) in [5.74, 6) is 2.52. The molecule has 8 heteroatoms. The molecule has 0 aromatic heterocycles. The Balaban J connectivity index is 1.60. The van der Waals surface area contributed by atoms with Crippen LogP contribution < -0.4 is 19.9 Å². The van der Waals surface area contributed by atoms with Crippen LogP contribution in [0, 0.1) is 25.2 Å². The summed E-state index contributed by atoms with van der Waals surface area (Å²) in [6, 6.07) is 5.88. The number of nitrogens with two attached hydrogens (primary N) is 1. The minimum Gasteiger partial charge on any atom is -0.507 e. The van der Waals surface area contributed by atoms with Gasteiger partial charge in [0.25, 0.3) is 0 Å². The van der Waals surface area contributed by atoms with Gasteiger partial charge in [-0.05, 0) is 44.9 Å². The molecule has 188 valence electrons. The maximum Gasteiger partial charge on any atom is 0.231 e. The van der Waals surface area contributed by atoms with Crippen molar-refractivity contribution in [2.75, 3.05) is 27.0 Å². The Morgan fingerprint density at radius 3 is 2.72 bits per heavy atom. The molecule has 0 aliphatic carbocycles. The van der Waals surface area contributed by atoms with Crippen LogP contribution in [-0.2, 0) is 12.8 Å². The SMILES string of the molecule is C=CCOc1c(C)c2c(c3c1CC1[C@H]4c5c(ccc(C)c5O)C[C@@H]([C@H](C#N)N1[C@H]3CN)N4C)OCO2. The lowest BCUT2D eigenvalue weighted by Crippen LogP contribution is -2.68. The number of hydrogen-bond donors (Lipinski definition) is 2. The highest BCUT2D eigenvalue weighted by Crippen LogP contribution is 2.57. The van der Waals surface area contributed by atoms with Gasteiger partial charge in [0, 0.05) is 40.9 Å². The number of piperazine rings is 1. The van der Waals surface area contributed by atoms with Crippen LogP contribution in [0.4, 0.5) is 0 Å². The fraction of sp³-hybridized carbons (Fsp3) is 0.464. The van der Waals surface area contributed by atoms with Gasteiger partial charge in [-0.1, -0.05) is 24.8 Å². The number of nitrogens with zero attached hydrogens (tertiary/aromatic N) is 3. The predicted molar refractivity (Wildman–Crippen MR) is 134 cm³/mol. The molecule has 0 spiro atoms. The minimum absolute atomic E-state index is 0.0198. The van der Waals surface area contributed by atoms with Crippen LogP contribution in [0.1, 0.15) is 45.5 Å². The van der Waals surface area contributed by atoms with Crippen molar-refractivity contribution in [2.45, 2.75) is 56.9 Å². The van der Waals surface area contributed by atoms with Crippen molar-refractivity contribution >= 4 is 0 Å². The van der Waals surface area contributed by atoms with Crippen molar-refractivity contribution in [1.29, 1.82) is 5.26 Å². The molecular weight excluding hydrogens is 456 g/mol. The first-order valence-corrected chi connectivity index (χ1v) is 12.5. The minimum atomic E-state index is -0.369. The van der Waals surface area contributed by atoms with Crippen molar-refractivity contribution < 1.29 is 19.3 Å². The number of phenolic OH excluding ortho intramolecular Hbond substituents is 1. The topological polar surface area (TPSA) is 104 Å². The number of nitriles is 1. The summed E-state index contributed by atoms with van der Waals surface area (Å²) in [5.41, 5.74) is 12.3. The molecule has 2 bridgehead atoms. The van der Waals surface area contributed by atoms with E-state index >= 15 is 0 Å². The quantitative estimate of drug-likeness (QED) is 0.633. The van der Waals surface area contributed by atoms with Gasteiger partial charge < -0.3 is 25.1 Å². The summed E-state index contributed by atoms with van der Waals surface area (Å²) in [5, 5.41) is 21.7. The second-order valence-electron chi connectivity index (χ2n) is 10.2. The molecule has 3 N–H and O–H groups in total. The van der Waals surface area contributed by atoms with Gasteiger partial charge in [0.1, 0.15) is 24.1 Å². The van der Waals surface area contributed by atoms with Crippen LogP contribution in [0.25, 0.3) is 0 Å². The van der Waals surface area contributed by atoms with E-state index in [4.69, 9.17) is 19.9 Å². The average molecular weight is 489 g/mol. The summed E-state index contributed by atoms with van der Waals surface area (Å²) in [7, 11) is 2.08. The number of benzene rings is 2. The van der Waals surface area contributed by atoms with Crippen LogP contribution in [0.3, 0.4) is 0 Å². The zero-order chi connectivity index (χ0) is 25.3. The zero-order valence-corrected chi connectivity index (χ0v) is 21.0. The number of likely N-dealkylation sites (N-methyl/N-ethyl adjacent to an activating group) is 1. The van der Waals surface area contributed by atoms with Crippen molar-refractivity contribution in [3.63, 3.8) is 0 Å². The van der Waals surface area contributed by atoms with Gasteiger partial charge in [0.15, 0.2) is 11.5 Å². The molecule has 8 nitrogen and oxygen atoms in total. The molecule has 36 heavy (non-hydrogen) atoms. The smallest absolute Gasteiger partial charge is 0.231 e. The largest absolute Gasteiger partial charge is 0.507 e. The first-order valence-electron chi connectivity index (χ1n) is 12.5. The summed E-state index contributed by atoms with van der Waals surface area (Å²) >= 11 is 0. The Labute approximate surface area is 211 Å². The molecule has 0 amide bonds. The van der Waals surface area contributed by atoms with E-state index in [9.17, 15) is 10.4 Å². The van der Waals surface area contributed by atoms with Gasteiger partial charge in [-0.3, -0.25) is 9.80 Å². The Kier molecular flexibility index (Phi) is 5.41. The van der Waals surface area contributed by atoms with Crippen LogP contribution in [-0.4, -0.2) is 60.0 Å². The number of aryl methyl sites for hydroxylation is 1. The van der Waals surface area contributed by atoms with Crippen molar-refractivity contribution in [3.05, 3.63) is 58.2 Å². The van der Waals surface area contributed by atoms with E-state index in [0.717, 1.165) is 39.1 Å². The Bertz CT molecular complexity index is 1300.